The van der Waals surface area contributed by atoms with Crippen LogP contribution >= 0.6 is 34.8 Å². The van der Waals surface area contributed by atoms with Crippen molar-refractivity contribution in [1.82, 2.24) is 10.2 Å². The van der Waals surface area contributed by atoms with E-state index in [1.54, 1.807) is 17.0 Å². The molecule has 32 heavy (non-hydrogen) atoms. The number of carbonyl (C=O) groups is 2. The lowest BCUT2D eigenvalue weighted by molar-refractivity contribution is -0.139. The van der Waals surface area contributed by atoms with Gasteiger partial charge in [0, 0.05) is 28.2 Å². The van der Waals surface area contributed by atoms with Gasteiger partial charge in [0.1, 0.15) is 11.9 Å². The van der Waals surface area contributed by atoms with Crippen LogP contribution in [0.2, 0.25) is 10.0 Å². The molecule has 3 atom stereocenters. The van der Waals surface area contributed by atoms with Crippen molar-refractivity contribution in [2.24, 2.45) is 5.92 Å². The molecule has 7 heteroatoms. The highest BCUT2D eigenvalue weighted by Gasteiger charge is 2.34. The van der Waals surface area contributed by atoms with E-state index in [1.807, 2.05) is 36.4 Å². The maximum absolute atomic E-state index is 13.6. The topological polar surface area (TPSA) is 49.4 Å². The van der Waals surface area contributed by atoms with Gasteiger partial charge in [-0.2, -0.15) is 0 Å². The van der Waals surface area contributed by atoms with Crippen LogP contribution in [0.25, 0.3) is 0 Å². The average Bonchev–Trinajstić information content (AvgIpc) is 2.79. The number of alkyl halides is 1. The molecule has 0 aliphatic heterocycles. The van der Waals surface area contributed by atoms with Gasteiger partial charge in [-0.1, -0.05) is 73.3 Å². The Hall–Kier alpha value is -1.75. The Balaban J connectivity index is 1.90. The fraction of sp³-hybridized carbons (Fsp3) is 0.440. The molecule has 0 saturated heterocycles. The van der Waals surface area contributed by atoms with Crippen molar-refractivity contribution in [3.05, 3.63) is 69.7 Å². The smallest absolute Gasteiger partial charge is 0.247 e. The molecule has 1 aliphatic carbocycles. The van der Waals surface area contributed by atoms with E-state index < -0.39 is 6.04 Å². The Morgan fingerprint density at radius 2 is 1.75 bits per heavy atom. The Kier molecular flexibility index (Phi) is 9.27. The first kappa shape index (κ1) is 24.9. The van der Waals surface area contributed by atoms with Crippen molar-refractivity contribution >= 4 is 46.6 Å². The van der Waals surface area contributed by atoms with Crippen LogP contribution in [0.4, 0.5) is 0 Å². The summed E-state index contributed by atoms with van der Waals surface area (Å²) in [4.78, 5) is 28.1. The Morgan fingerprint density at radius 3 is 2.41 bits per heavy atom. The highest BCUT2D eigenvalue weighted by molar-refractivity contribution is 6.32. The number of nitrogens with one attached hydrogen (secondary N) is 1. The van der Waals surface area contributed by atoms with Gasteiger partial charge in [0.05, 0.1) is 0 Å². The SMILES string of the molecule is C[C@@H]1CCCC[C@H]1NC(=O)[C@@H](c1ccccc1Cl)N(CCc1ccc(Cl)cc1)C(=O)CCl. The molecular weight excluding hydrogens is 467 g/mol. The maximum atomic E-state index is 13.6. The third-order valence-electron chi connectivity index (χ3n) is 6.19. The molecule has 0 radical (unpaired) electrons. The molecule has 0 unspecified atom stereocenters. The third kappa shape index (κ3) is 6.40. The fourth-order valence-corrected chi connectivity index (χ4v) is 4.83. The van der Waals surface area contributed by atoms with Crippen LogP contribution < -0.4 is 5.32 Å². The number of rotatable bonds is 8. The van der Waals surface area contributed by atoms with Gasteiger partial charge in [-0.15, -0.1) is 11.6 Å². The highest BCUT2D eigenvalue weighted by Crippen LogP contribution is 2.30. The summed E-state index contributed by atoms with van der Waals surface area (Å²) in [6.45, 7) is 2.49. The second-order valence-electron chi connectivity index (χ2n) is 8.40. The van der Waals surface area contributed by atoms with Crippen molar-refractivity contribution in [2.45, 2.75) is 51.1 Å². The summed E-state index contributed by atoms with van der Waals surface area (Å²) in [5, 5.41) is 4.31. The minimum absolute atomic E-state index is 0.0884. The summed E-state index contributed by atoms with van der Waals surface area (Å²) < 4.78 is 0. The van der Waals surface area contributed by atoms with Crippen LogP contribution in [0.1, 0.15) is 49.8 Å². The second-order valence-corrected chi connectivity index (χ2v) is 9.51. The molecule has 4 nitrogen and oxygen atoms in total. The maximum Gasteiger partial charge on any atom is 0.247 e. The molecule has 0 heterocycles. The Bertz CT molecular complexity index is 920. The Labute approximate surface area is 205 Å². The van der Waals surface area contributed by atoms with Crippen LogP contribution in [0.5, 0.6) is 0 Å². The predicted octanol–water partition coefficient (Wildman–Crippen LogP) is 6.04. The van der Waals surface area contributed by atoms with E-state index in [1.165, 1.54) is 6.42 Å². The number of benzene rings is 2. The molecule has 0 aromatic heterocycles. The van der Waals surface area contributed by atoms with Crippen LogP contribution in [-0.2, 0) is 16.0 Å². The first-order chi connectivity index (χ1) is 15.4. The number of amides is 2. The summed E-state index contributed by atoms with van der Waals surface area (Å²) in [6.07, 6.45) is 4.86. The lowest BCUT2D eigenvalue weighted by atomic mass is 9.85. The standard InChI is InChI=1S/C25H29Cl3N2O2/c1-17-6-2-5-9-22(17)29-25(32)24(20-7-3-4-8-21(20)28)30(23(31)16-26)15-14-18-10-12-19(27)13-11-18/h3-4,7-8,10-13,17,22,24H,2,5-6,9,14-16H2,1H3,(H,29,32)/t17-,22-,24-/m1/s1. The van der Waals surface area contributed by atoms with Crippen LogP contribution in [0, 0.1) is 5.92 Å². The molecular formula is C25H29Cl3N2O2. The van der Waals surface area contributed by atoms with E-state index in [-0.39, 0.29) is 23.7 Å². The number of hydrogen-bond acceptors (Lipinski definition) is 2. The minimum atomic E-state index is -0.851. The Morgan fingerprint density at radius 1 is 1.06 bits per heavy atom. The molecule has 172 valence electrons. The summed E-state index contributed by atoms with van der Waals surface area (Å²) in [7, 11) is 0. The third-order valence-corrected chi connectivity index (χ3v) is 7.01. The summed E-state index contributed by atoms with van der Waals surface area (Å²) >= 11 is 18.5. The molecule has 3 rings (SSSR count). The van der Waals surface area contributed by atoms with E-state index >= 15 is 0 Å². The van der Waals surface area contributed by atoms with Gasteiger partial charge in [-0.3, -0.25) is 9.59 Å². The first-order valence-corrected chi connectivity index (χ1v) is 12.3. The van der Waals surface area contributed by atoms with Gasteiger partial charge in [0.25, 0.3) is 0 Å². The van der Waals surface area contributed by atoms with E-state index in [2.05, 4.69) is 12.2 Å². The summed E-state index contributed by atoms with van der Waals surface area (Å²) in [5.41, 5.74) is 1.62. The molecule has 2 aromatic carbocycles. The van der Waals surface area contributed by atoms with Crippen LogP contribution in [-0.4, -0.2) is 35.2 Å². The van der Waals surface area contributed by atoms with Crippen molar-refractivity contribution < 1.29 is 9.59 Å². The molecule has 1 aliphatic rings. The molecule has 0 spiro atoms. The fourth-order valence-electron chi connectivity index (χ4n) is 4.32. The quantitative estimate of drug-likeness (QED) is 0.454. The van der Waals surface area contributed by atoms with E-state index in [0.29, 0.717) is 34.5 Å². The zero-order chi connectivity index (χ0) is 23.1. The van der Waals surface area contributed by atoms with Crippen LogP contribution in [0.15, 0.2) is 48.5 Å². The molecule has 1 N–H and O–H groups in total. The molecule has 2 aromatic rings. The largest absolute Gasteiger partial charge is 0.351 e. The average molecular weight is 496 g/mol. The molecule has 1 fully saturated rings. The zero-order valence-electron chi connectivity index (χ0n) is 18.2. The van der Waals surface area contributed by atoms with Crippen molar-refractivity contribution in [1.29, 1.82) is 0 Å². The predicted molar refractivity (Wildman–Crippen MR) is 131 cm³/mol. The number of halogens is 3. The minimum Gasteiger partial charge on any atom is -0.351 e. The molecule has 2 amide bonds. The van der Waals surface area contributed by atoms with Crippen molar-refractivity contribution in [3.8, 4) is 0 Å². The summed E-state index contributed by atoms with van der Waals surface area (Å²) in [5.74, 6) is -0.344. The van der Waals surface area contributed by atoms with E-state index in [0.717, 1.165) is 24.8 Å². The second kappa shape index (κ2) is 11.9. The normalized spacial score (nSPS) is 19.2. The lowest BCUT2D eigenvalue weighted by Gasteiger charge is -2.35. The van der Waals surface area contributed by atoms with Gasteiger partial charge < -0.3 is 10.2 Å². The van der Waals surface area contributed by atoms with Gasteiger partial charge in [-0.25, -0.2) is 0 Å². The molecule has 0 bridgehead atoms. The number of nitrogens with zero attached hydrogens (tertiary/aromatic N) is 1. The lowest BCUT2D eigenvalue weighted by Crippen LogP contribution is -2.49. The van der Waals surface area contributed by atoms with Gasteiger partial charge in [0.2, 0.25) is 11.8 Å². The number of carbonyl (C=O) groups excluding carboxylic acids is 2. The van der Waals surface area contributed by atoms with E-state index in [9.17, 15) is 9.59 Å². The van der Waals surface area contributed by atoms with Crippen molar-refractivity contribution in [2.75, 3.05) is 12.4 Å². The van der Waals surface area contributed by atoms with Crippen LogP contribution in [0.3, 0.4) is 0 Å². The van der Waals surface area contributed by atoms with Crippen molar-refractivity contribution in [3.63, 3.8) is 0 Å². The monoisotopic (exact) mass is 494 g/mol. The number of hydrogen-bond donors (Lipinski definition) is 1. The van der Waals surface area contributed by atoms with E-state index in [4.69, 9.17) is 34.8 Å². The highest BCUT2D eigenvalue weighted by atomic mass is 35.5. The van der Waals surface area contributed by atoms with Gasteiger partial charge in [0.15, 0.2) is 0 Å². The zero-order valence-corrected chi connectivity index (χ0v) is 20.5. The van der Waals surface area contributed by atoms with Gasteiger partial charge >= 0.3 is 0 Å². The first-order valence-electron chi connectivity index (χ1n) is 11.1. The van der Waals surface area contributed by atoms with Gasteiger partial charge in [-0.05, 0) is 48.9 Å². The molecule has 1 saturated carbocycles. The summed E-state index contributed by atoms with van der Waals surface area (Å²) in [6, 6.07) is 13.9.